The topological polar surface area (TPSA) is 0 Å². The average Bonchev–Trinajstić information content (AvgIpc) is 2.97. The Morgan fingerprint density at radius 1 is 0.783 bits per heavy atom. The van der Waals surface area contributed by atoms with Crippen molar-refractivity contribution in [3.8, 4) is 0 Å². The van der Waals surface area contributed by atoms with Crippen LogP contribution in [-0.2, 0) is 6.42 Å². The lowest BCUT2D eigenvalue weighted by molar-refractivity contribution is 0.778. The Bertz CT molecular complexity index is 878. The third kappa shape index (κ3) is 2.49. The maximum atomic E-state index is 2.30. The molecule has 0 radical (unpaired) electrons. The molecule has 0 aliphatic heterocycles. The molecular weight excluding hydrogens is 276 g/mol. The van der Waals surface area contributed by atoms with Crippen molar-refractivity contribution in [2.45, 2.75) is 32.6 Å². The van der Waals surface area contributed by atoms with Gasteiger partial charge in [0.05, 0.1) is 0 Å². The van der Waals surface area contributed by atoms with E-state index in [4.69, 9.17) is 0 Å². The second-order valence-electron chi connectivity index (χ2n) is 6.44. The van der Waals surface area contributed by atoms with E-state index in [2.05, 4.69) is 73.7 Å². The van der Waals surface area contributed by atoms with Crippen LogP contribution >= 0.6 is 0 Å². The number of fused-ring (bicyclic) bond motifs is 2. The quantitative estimate of drug-likeness (QED) is 0.523. The molecule has 1 aliphatic rings. The van der Waals surface area contributed by atoms with Crippen LogP contribution in [0, 0.1) is 0 Å². The highest BCUT2D eigenvalue weighted by molar-refractivity contribution is 6.00. The van der Waals surface area contributed by atoms with Crippen LogP contribution in [0.2, 0.25) is 0 Å². The van der Waals surface area contributed by atoms with Gasteiger partial charge in [-0.2, -0.15) is 0 Å². The van der Waals surface area contributed by atoms with Crippen molar-refractivity contribution in [1.29, 1.82) is 0 Å². The molecule has 0 heteroatoms. The van der Waals surface area contributed by atoms with Gasteiger partial charge in [-0.3, -0.25) is 0 Å². The lowest BCUT2D eigenvalue weighted by Gasteiger charge is -2.12. The Morgan fingerprint density at radius 3 is 2.43 bits per heavy atom. The van der Waals surface area contributed by atoms with Crippen LogP contribution in [0.1, 0.15) is 42.9 Å². The maximum absolute atomic E-state index is 2.30. The van der Waals surface area contributed by atoms with Crippen molar-refractivity contribution < 1.29 is 0 Å². The summed E-state index contributed by atoms with van der Waals surface area (Å²) in [6, 6.07) is 24.4. The second kappa shape index (κ2) is 6.04. The van der Waals surface area contributed by atoms with Gasteiger partial charge in [0, 0.05) is 0 Å². The van der Waals surface area contributed by atoms with E-state index in [0.29, 0.717) is 0 Å². The molecule has 0 saturated carbocycles. The lowest BCUT2D eigenvalue weighted by atomic mass is 9.92. The van der Waals surface area contributed by atoms with E-state index in [1.807, 2.05) is 0 Å². The highest BCUT2D eigenvalue weighted by Crippen LogP contribution is 2.41. The van der Waals surface area contributed by atoms with E-state index >= 15 is 0 Å². The summed E-state index contributed by atoms with van der Waals surface area (Å²) < 4.78 is 0. The summed E-state index contributed by atoms with van der Waals surface area (Å²) in [5, 5.41) is 2.70. The fraction of sp³-hybridized carbons (Fsp3) is 0.217. The van der Waals surface area contributed by atoms with E-state index in [0.717, 1.165) is 6.42 Å². The van der Waals surface area contributed by atoms with Gasteiger partial charge in [-0.1, -0.05) is 85.6 Å². The molecule has 23 heavy (non-hydrogen) atoms. The van der Waals surface area contributed by atoms with E-state index < -0.39 is 0 Å². The molecule has 3 aromatic rings. The van der Waals surface area contributed by atoms with Crippen molar-refractivity contribution in [3.63, 3.8) is 0 Å². The molecule has 114 valence electrons. The van der Waals surface area contributed by atoms with Crippen molar-refractivity contribution in [2.75, 3.05) is 0 Å². The van der Waals surface area contributed by atoms with Gasteiger partial charge in [0.25, 0.3) is 0 Å². The number of hydrogen-bond acceptors (Lipinski definition) is 0. The second-order valence-corrected chi connectivity index (χ2v) is 6.44. The molecule has 0 aromatic heterocycles. The van der Waals surface area contributed by atoms with Crippen LogP contribution in [0.15, 0.2) is 72.3 Å². The van der Waals surface area contributed by atoms with E-state index in [9.17, 15) is 0 Å². The van der Waals surface area contributed by atoms with Crippen molar-refractivity contribution in [2.24, 2.45) is 0 Å². The van der Waals surface area contributed by atoms with Crippen LogP contribution in [0.4, 0.5) is 0 Å². The zero-order chi connectivity index (χ0) is 15.6. The van der Waals surface area contributed by atoms with Gasteiger partial charge < -0.3 is 0 Å². The summed E-state index contributed by atoms with van der Waals surface area (Å²) in [6.07, 6.45) is 4.86. The third-order valence-electron chi connectivity index (χ3n) is 4.94. The largest absolute Gasteiger partial charge is 0.0654 e. The molecule has 4 rings (SSSR count). The average molecular weight is 298 g/mol. The fourth-order valence-corrected chi connectivity index (χ4v) is 3.81. The minimum Gasteiger partial charge on any atom is -0.0654 e. The number of hydrogen-bond donors (Lipinski definition) is 0. The van der Waals surface area contributed by atoms with E-state index in [1.165, 1.54) is 52.3 Å². The summed E-state index contributed by atoms with van der Waals surface area (Å²) in [7, 11) is 0. The SMILES string of the molecule is CCCCC1=C(c2cccc3ccccc23)c2ccccc2C1. The Balaban J connectivity index is 1.94. The molecular formula is C23H22. The van der Waals surface area contributed by atoms with Crippen molar-refractivity contribution >= 4 is 16.3 Å². The minimum absolute atomic E-state index is 1.12. The monoisotopic (exact) mass is 298 g/mol. The molecule has 1 aliphatic carbocycles. The van der Waals surface area contributed by atoms with Gasteiger partial charge in [-0.25, -0.2) is 0 Å². The van der Waals surface area contributed by atoms with Gasteiger partial charge in [0.1, 0.15) is 0 Å². The third-order valence-corrected chi connectivity index (χ3v) is 4.94. The molecule has 0 nitrogen and oxygen atoms in total. The highest BCUT2D eigenvalue weighted by atomic mass is 14.3. The first-order valence-electron chi connectivity index (χ1n) is 8.67. The zero-order valence-corrected chi connectivity index (χ0v) is 13.7. The molecule has 0 bridgehead atoms. The molecule has 0 saturated heterocycles. The molecule has 0 unspecified atom stereocenters. The standard InChI is InChI=1S/C23H22/c1-2-3-9-19-16-18-11-5-7-14-21(18)23(19)22-15-8-12-17-10-4-6-13-20(17)22/h4-8,10-15H,2-3,9,16H2,1H3. The molecule has 0 heterocycles. The number of unbranched alkanes of at least 4 members (excludes halogenated alkanes) is 1. The van der Waals surface area contributed by atoms with Crippen LogP contribution < -0.4 is 0 Å². The van der Waals surface area contributed by atoms with Crippen molar-refractivity contribution in [3.05, 3.63) is 89.0 Å². The maximum Gasteiger partial charge on any atom is -0.00515 e. The predicted molar refractivity (Wildman–Crippen MR) is 99.6 cm³/mol. The Kier molecular flexibility index (Phi) is 3.75. The van der Waals surface area contributed by atoms with Gasteiger partial charge in [-0.15, -0.1) is 0 Å². The molecule has 0 N–H and O–H groups in total. The smallest absolute Gasteiger partial charge is 0.00515 e. The van der Waals surface area contributed by atoms with Gasteiger partial charge in [0.2, 0.25) is 0 Å². The molecule has 3 aromatic carbocycles. The first-order valence-corrected chi connectivity index (χ1v) is 8.67. The van der Waals surface area contributed by atoms with Gasteiger partial charge >= 0.3 is 0 Å². The molecule has 0 atom stereocenters. The van der Waals surface area contributed by atoms with Gasteiger partial charge in [-0.05, 0) is 52.3 Å². The van der Waals surface area contributed by atoms with Crippen LogP contribution in [0.25, 0.3) is 16.3 Å². The van der Waals surface area contributed by atoms with Crippen molar-refractivity contribution in [1.82, 2.24) is 0 Å². The highest BCUT2D eigenvalue weighted by Gasteiger charge is 2.22. The molecule has 0 spiro atoms. The Hall–Kier alpha value is -2.34. The minimum atomic E-state index is 1.12. The number of rotatable bonds is 4. The first-order chi connectivity index (χ1) is 11.4. The summed E-state index contributed by atoms with van der Waals surface area (Å²) in [5.74, 6) is 0. The Morgan fingerprint density at radius 2 is 1.52 bits per heavy atom. The van der Waals surface area contributed by atoms with Gasteiger partial charge in [0.15, 0.2) is 0 Å². The van der Waals surface area contributed by atoms with Crippen LogP contribution in [0.5, 0.6) is 0 Å². The summed E-state index contributed by atoms with van der Waals surface area (Å²) in [6.45, 7) is 2.28. The molecule has 0 amide bonds. The zero-order valence-electron chi connectivity index (χ0n) is 13.7. The number of allylic oxidation sites excluding steroid dienone is 1. The van der Waals surface area contributed by atoms with E-state index in [1.54, 1.807) is 5.57 Å². The Labute approximate surface area is 138 Å². The summed E-state index contributed by atoms with van der Waals surface area (Å²) in [5.41, 5.74) is 7.44. The summed E-state index contributed by atoms with van der Waals surface area (Å²) >= 11 is 0. The fourth-order valence-electron chi connectivity index (χ4n) is 3.81. The predicted octanol–water partition coefficient (Wildman–Crippen LogP) is 6.39. The molecule has 0 fully saturated rings. The number of benzene rings is 3. The van der Waals surface area contributed by atoms with Crippen LogP contribution in [0.3, 0.4) is 0 Å². The summed E-state index contributed by atoms with van der Waals surface area (Å²) in [4.78, 5) is 0. The first kappa shape index (κ1) is 14.3. The van der Waals surface area contributed by atoms with Crippen LogP contribution in [-0.4, -0.2) is 0 Å². The normalized spacial score (nSPS) is 13.6. The lowest BCUT2D eigenvalue weighted by Crippen LogP contribution is -1.91. The van der Waals surface area contributed by atoms with E-state index in [-0.39, 0.29) is 0 Å².